The summed E-state index contributed by atoms with van der Waals surface area (Å²) in [6.45, 7) is 5.13. The number of nitrogens with zero attached hydrogens (tertiary/aromatic N) is 3. The van der Waals surface area contributed by atoms with Gasteiger partial charge in [-0.3, -0.25) is 9.59 Å². The van der Waals surface area contributed by atoms with Gasteiger partial charge in [-0.05, 0) is 43.3 Å². The monoisotopic (exact) mass is 352 g/mol. The van der Waals surface area contributed by atoms with Crippen LogP contribution in [-0.2, 0) is 6.42 Å². The number of piperazine rings is 1. The first-order chi connectivity index (χ1) is 12.6. The molecule has 0 radical (unpaired) electrons. The molecule has 0 saturated carbocycles. The summed E-state index contributed by atoms with van der Waals surface area (Å²) in [6, 6.07) is 12.7. The minimum Gasteiger partial charge on any atom is -0.335 e. The molecular weight excluding hydrogens is 328 g/mol. The summed E-state index contributed by atoms with van der Waals surface area (Å²) >= 11 is 0. The summed E-state index contributed by atoms with van der Waals surface area (Å²) in [7, 11) is 2.04. The number of nitrogens with one attached hydrogen (secondary N) is 1. The molecule has 0 aliphatic carbocycles. The van der Waals surface area contributed by atoms with Crippen molar-refractivity contribution in [2.75, 3.05) is 38.5 Å². The van der Waals surface area contributed by atoms with Gasteiger partial charge in [0.05, 0.1) is 0 Å². The maximum atomic E-state index is 12.6. The van der Waals surface area contributed by atoms with Crippen LogP contribution in [0.3, 0.4) is 0 Å². The lowest BCUT2D eigenvalue weighted by atomic mass is 10.1. The Labute approximate surface area is 153 Å². The number of benzene rings is 1. The second kappa shape index (κ2) is 8.10. The number of pyridine rings is 1. The van der Waals surface area contributed by atoms with Crippen LogP contribution in [0.15, 0.2) is 42.5 Å². The fourth-order valence-electron chi connectivity index (χ4n) is 2.87. The minimum atomic E-state index is -0.317. The van der Waals surface area contributed by atoms with Gasteiger partial charge in [0, 0.05) is 31.9 Å². The maximum absolute atomic E-state index is 12.6. The van der Waals surface area contributed by atoms with Crippen LogP contribution < -0.4 is 5.32 Å². The maximum Gasteiger partial charge on any atom is 0.274 e. The molecular formula is C20H24N4O2. The van der Waals surface area contributed by atoms with E-state index >= 15 is 0 Å². The molecule has 6 nitrogen and oxygen atoms in total. The Kier molecular flexibility index (Phi) is 5.63. The van der Waals surface area contributed by atoms with Crippen molar-refractivity contribution in [2.24, 2.45) is 0 Å². The molecule has 1 N–H and O–H groups in total. The smallest absolute Gasteiger partial charge is 0.274 e. The van der Waals surface area contributed by atoms with E-state index in [1.54, 1.807) is 23.1 Å². The Bertz CT molecular complexity index is 781. The lowest BCUT2D eigenvalue weighted by Crippen LogP contribution is -2.47. The Morgan fingerprint density at radius 3 is 2.31 bits per heavy atom. The summed E-state index contributed by atoms with van der Waals surface area (Å²) in [6.07, 6.45) is 0.951. The minimum absolute atomic E-state index is 0.125. The molecule has 0 unspecified atom stereocenters. The van der Waals surface area contributed by atoms with Gasteiger partial charge in [-0.2, -0.15) is 0 Å². The Hall–Kier alpha value is -2.73. The van der Waals surface area contributed by atoms with Crippen LogP contribution in [0.5, 0.6) is 0 Å². The van der Waals surface area contributed by atoms with Gasteiger partial charge in [0.1, 0.15) is 11.4 Å². The van der Waals surface area contributed by atoms with Crippen LogP contribution in [0.25, 0.3) is 0 Å². The molecule has 1 aliphatic heterocycles. The summed E-state index contributed by atoms with van der Waals surface area (Å²) in [5.41, 5.74) is 2.47. The number of aromatic nitrogens is 1. The Balaban J connectivity index is 1.69. The lowest BCUT2D eigenvalue weighted by Gasteiger charge is -2.32. The largest absolute Gasteiger partial charge is 0.335 e. The summed E-state index contributed by atoms with van der Waals surface area (Å²) in [4.78, 5) is 33.3. The highest BCUT2D eigenvalue weighted by Gasteiger charge is 2.22. The van der Waals surface area contributed by atoms with E-state index in [0.717, 1.165) is 19.5 Å². The van der Waals surface area contributed by atoms with E-state index in [-0.39, 0.29) is 17.5 Å². The number of hydrogen-bond acceptors (Lipinski definition) is 4. The second-order valence-corrected chi connectivity index (χ2v) is 6.51. The van der Waals surface area contributed by atoms with Crippen LogP contribution in [0, 0.1) is 0 Å². The van der Waals surface area contributed by atoms with Crippen LogP contribution in [0.4, 0.5) is 5.69 Å². The van der Waals surface area contributed by atoms with Crippen molar-refractivity contribution < 1.29 is 9.59 Å². The molecule has 3 rings (SSSR count). The summed E-state index contributed by atoms with van der Waals surface area (Å²) in [5, 5.41) is 2.83. The van der Waals surface area contributed by atoms with E-state index in [2.05, 4.69) is 22.1 Å². The second-order valence-electron chi connectivity index (χ2n) is 6.51. The number of likely N-dealkylation sites (N-methyl/N-ethyl adjacent to an activating group) is 1. The van der Waals surface area contributed by atoms with Gasteiger partial charge >= 0.3 is 0 Å². The first kappa shape index (κ1) is 18.1. The standard InChI is InChI=1S/C20H24N4O2/c1-3-15-7-9-16(10-8-15)21-19(25)17-5-4-6-18(22-17)20(26)24-13-11-23(2)12-14-24/h4-10H,3,11-14H2,1-2H3,(H,21,25). The molecule has 2 heterocycles. The molecule has 2 aromatic rings. The third kappa shape index (κ3) is 4.26. The number of hydrogen-bond donors (Lipinski definition) is 1. The Morgan fingerprint density at radius 2 is 1.65 bits per heavy atom. The van der Waals surface area contributed by atoms with Crippen molar-refractivity contribution in [3.8, 4) is 0 Å². The number of carbonyl (C=O) groups is 2. The summed E-state index contributed by atoms with van der Waals surface area (Å²) in [5.74, 6) is -0.442. The van der Waals surface area contributed by atoms with Gasteiger partial charge in [0.2, 0.25) is 0 Å². The highest BCUT2D eigenvalue weighted by atomic mass is 16.2. The quantitative estimate of drug-likeness (QED) is 0.917. The average Bonchev–Trinajstić information content (AvgIpc) is 2.68. The molecule has 1 aromatic heterocycles. The van der Waals surface area contributed by atoms with E-state index in [0.29, 0.717) is 24.5 Å². The number of aryl methyl sites for hydroxylation is 1. The number of amides is 2. The van der Waals surface area contributed by atoms with Crippen molar-refractivity contribution in [3.63, 3.8) is 0 Å². The molecule has 1 fully saturated rings. The fraction of sp³-hybridized carbons (Fsp3) is 0.350. The van der Waals surface area contributed by atoms with Gasteiger partial charge in [0.15, 0.2) is 0 Å². The van der Waals surface area contributed by atoms with E-state index < -0.39 is 0 Å². The molecule has 1 aromatic carbocycles. The van der Waals surface area contributed by atoms with Crippen LogP contribution in [-0.4, -0.2) is 59.8 Å². The zero-order valence-electron chi connectivity index (χ0n) is 15.2. The van der Waals surface area contributed by atoms with E-state index in [4.69, 9.17) is 0 Å². The summed E-state index contributed by atoms with van der Waals surface area (Å²) < 4.78 is 0. The average molecular weight is 352 g/mol. The highest BCUT2D eigenvalue weighted by Crippen LogP contribution is 2.12. The molecule has 26 heavy (non-hydrogen) atoms. The highest BCUT2D eigenvalue weighted by molar-refractivity contribution is 6.03. The van der Waals surface area contributed by atoms with Crippen LogP contribution >= 0.6 is 0 Å². The zero-order chi connectivity index (χ0) is 18.5. The van der Waals surface area contributed by atoms with Crippen molar-refractivity contribution in [1.29, 1.82) is 0 Å². The van der Waals surface area contributed by atoms with Crippen LogP contribution in [0.2, 0.25) is 0 Å². The van der Waals surface area contributed by atoms with Crippen molar-refractivity contribution in [2.45, 2.75) is 13.3 Å². The third-order valence-corrected chi connectivity index (χ3v) is 4.61. The molecule has 136 valence electrons. The predicted octanol–water partition coefficient (Wildman–Crippen LogP) is 2.28. The van der Waals surface area contributed by atoms with Crippen molar-refractivity contribution in [3.05, 3.63) is 59.4 Å². The van der Waals surface area contributed by atoms with Gasteiger partial charge in [-0.15, -0.1) is 0 Å². The molecule has 6 heteroatoms. The first-order valence-corrected chi connectivity index (χ1v) is 8.92. The van der Waals surface area contributed by atoms with Crippen molar-refractivity contribution in [1.82, 2.24) is 14.8 Å². The van der Waals surface area contributed by atoms with Gasteiger partial charge in [-0.1, -0.05) is 25.1 Å². The van der Waals surface area contributed by atoms with Gasteiger partial charge in [0.25, 0.3) is 11.8 Å². The lowest BCUT2D eigenvalue weighted by molar-refractivity contribution is 0.0658. The molecule has 0 bridgehead atoms. The van der Waals surface area contributed by atoms with Gasteiger partial charge in [-0.25, -0.2) is 4.98 Å². The van der Waals surface area contributed by atoms with Crippen LogP contribution in [0.1, 0.15) is 33.5 Å². The van der Waals surface area contributed by atoms with Crippen molar-refractivity contribution >= 4 is 17.5 Å². The predicted molar refractivity (Wildman–Crippen MR) is 101 cm³/mol. The first-order valence-electron chi connectivity index (χ1n) is 8.92. The Morgan fingerprint density at radius 1 is 1.00 bits per heavy atom. The molecule has 1 aliphatic rings. The molecule has 0 spiro atoms. The molecule has 1 saturated heterocycles. The number of anilines is 1. The normalized spacial score (nSPS) is 14.9. The van der Waals surface area contributed by atoms with E-state index in [9.17, 15) is 9.59 Å². The topological polar surface area (TPSA) is 65.5 Å². The van der Waals surface area contributed by atoms with E-state index in [1.165, 1.54) is 5.56 Å². The number of rotatable bonds is 4. The molecule has 0 atom stereocenters. The van der Waals surface area contributed by atoms with Gasteiger partial charge < -0.3 is 15.1 Å². The third-order valence-electron chi connectivity index (χ3n) is 4.61. The van der Waals surface area contributed by atoms with E-state index in [1.807, 2.05) is 31.3 Å². The zero-order valence-corrected chi connectivity index (χ0v) is 15.2. The fourth-order valence-corrected chi connectivity index (χ4v) is 2.87. The molecule has 2 amide bonds. The number of carbonyl (C=O) groups excluding carboxylic acids is 2. The SMILES string of the molecule is CCc1ccc(NC(=O)c2cccc(C(=O)N3CCN(C)CC3)n2)cc1.